The Kier molecular flexibility index (Phi) is 7.67. The molecule has 0 radical (unpaired) electrons. The Balaban J connectivity index is 1.58. The molecule has 1 atom stereocenters. The number of hydrogen-bond acceptors (Lipinski definition) is 7. The van der Waals surface area contributed by atoms with E-state index in [0.717, 1.165) is 78.6 Å². The highest BCUT2D eigenvalue weighted by atomic mass is 28.3. The fourth-order valence-electron chi connectivity index (χ4n) is 5.50. The van der Waals surface area contributed by atoms with Gasteiger partial charge < -0.3 is 19.5 Å². The highest BCUT2D eigenvalue weighted by Gasteiger charge is 2.35. The standard InChI is InChI=1S/C28H41N5O3Si/c1-21-19-35-15-14-32(21)25-18-23(28(34)10-6-5-7-11-28)22-8-12-29-27(26(22)31-25)24-9-13-30-33(24)20-36-16-17-37(2,3)4/h8-9,12-13,18,21,34H,5-7,10-11,14-17,19-20H2,1-4H3/t21-/m1/s1. The predicted octanol–water partition coefficient (Wildman–Crippen LogP) is 5.18. The van der Waals surface area contributed by atoms with Crippen molar-refractivity contribution in [2.75, 3.05) is 31.3 Å². The van der Waals surface area contributed by atoms with Crippen LogP contribution < -0.4 is 4.90 Å². The largest absolute Gasteiger partial charge is 0.385 e. The van der Waals surface area contributed by atoms with Crippen molar-refractivity contribution in [1.29, 1.82) is 0 Å². The number of anilines is 1. The number of pyridine rings is 2. The molecule has 8 nitrogen and oxygen atoms in total. The van der Waals surface area contributed by atoms with Crippen LogP contribution in [0.15, 0.2) is 30.6 Å². The normalized spacial score (nSPS) is 20.5. The lowest BCUT2D eigenvalue weighted by Crippen LogP contribution is -2.44. The Morgan fingerprint density at radius 2 is 1.97 bits per heavy atom. The molecule has 1 saturated carbocycles. The van der Waals surface area contributed by atoms with E-state index < -0.39 is 13.7 Å². The van der Waals surface area contributed by atoms with Crippen LogP contribution in [0.2, 0.25) is 25.7 Å². The monoisotopic (exact) mass is 523 g/mol. The molecular weight excluding hydrogens is 482 g/mol. The van der Waals surface area contributed by atoms with E-state index in [4.69, 9.17) is 19.4 Å². The van der Waals surface area contributed by atoms with Crippen molar-refractivity contribution in [3.05, 3.63) is 36.2 Å². The first-order valence-corrected chi connectivity index (χ1v) is 17.4. The van der Waals surface area contributed by atoms with Gasteiger partial charge in [0, 0.05) is 39.0 Å². The Labute approximate surface area is 221 Å². The van der Waals surface area contributed by atoms with E-state index in [1.54, 1.807) is 6.20 Å². The van der Waals surface area contributed by atoms with E-state index in [1.165, 1.54) is 6.42 Å². The highest BCUT2D eigenvalue weighted by Crippen LogP contribution is 2.42. The number of fused-ring (bicyclic) bond motifs is 1. The summed E-state index contributed by atoms with van der Waals surface area (Å²) in [4.78, 5) is 12.3. The highest BCUT2D eigenvalue weighted by molar-refractivity contribution is 6.76. The summed E-state index contributed by atoms with van der Waals surface area (Å²) < 4.78 is 13.6. The lowest BCUT2D eigenvalue weighted by molar-refractivity contribution is 0.000713. The molecule has 2 fully saturated rings. The van der Waals surface area contributed by atoms with Crippen molar-refractivity contribution in [2.24, 2.45) is 0 Å². The average Bonchev–Trinajstić information content (AvgIpc) is 3.34. The van der Waals surface area contributed by atoms with Crippen LogP contribution in [0.25, 0.3) is 22.3 Å². The molecule has 4 heterocycles. The molecule has 1 N–H and O–H groups in total. The Hall–Kier alpha value is -2.33. The van der Waals surface area contributed by atoms with Gasteiger partial charge in [0.2, 0.25) is 0 Å². The smallest absolute Gasteiger partial charge is 0.140 e. The lowest BCUT2D eigenvalue weighted by atomic mass is 9.78. The topological polar surface area (TPSA) is 85.5 Å². The third kappa shape index (κ3) is 5.74. The van der Waals surface area contributed by atoms with Crippen LogP contribution in [0.1, 0.15) is 44.6 Å². The van der Waals surface area contributed by atoms with Crippen LogP contribution in [0.5, 0.6) is 0 Å². The quantitative estimate of drug-likeness (QED) is 0.321. The molecule has 0 aromatic carbocycles. The summed E-state index contributed by atoms with van der Waals surface area (Å²) in [5.74, 6) is 0.879. The third-order valence-electron chi connectivity index (χ3n) is 7.73. The van der Waals surface area contributed by atoms with Crippen molar-refractivity contribution in [1.82, 2.24) is 19.7 Å². The van der Waals surface area contributed by atoms with E-state index in [0.29, 0.717) is 19.9 Å². The molecule has 1 aliphatic heterocycles. The second-order valence-electron chi connectivity index (χ2n) is 11.9. The van der Waals surface area contributed by atoms with E-state index in [2.05, 4.69) is 42.6 Å². The summed E-state index contributed by atoms with van der Waals surface area (Å²) in [5, 5.41) is 17.4. The first-order chi connectivity index (χ1) is 17.8. The Morgan fingerprint density at radius 1 is 1.16 bits per heavy atom. The van der Waals surface area contributed by atoms with Crippen molar-refractivity contribution < 1.29 is 14.6 Å². The van der Waals surface area contributed by atoms with Gasteiger partial charge in [-0.3, -0.25) is 4.98 Å². The van der Waals surface area contributed by atoms with E-state index in [-0.39, 0.29) is 6.04 Å². The minimum atomic E-state index is -1.17. The fourth-order valence-corrected chi connectivity index (χ4v) is 6.25. The van der Waals surface area contributed by atoms with Crippen LogP contribution in [0.3, 0.4) is 0 Å². The number of ether oxygens (including phenoxy) is 2. The molecule has 9 heteroatoms. The minimum Gasteiger partial charge on any atom is -0.385 e. The molecule has 2 aliphatic rings. The van der Waals surface area contributed by atoms with Gasteiger partial charge in [0.25, 0.3) is 0 Å². The summed E-state index contributed by atoms with van der Waals surface area (Å²) in [6, 6.07) is 7.42. The van der Waals surface area contributed by atoms with Gasteiger partial charge in [-0.15, -0.1) is 0 Å². The zero-order valence-corrected chi connectivity index (χ0v) is 23.7. The maximum Gasteiger partial charge on any atom is 0.140 e. The number of rotatable bonds is 8. The van der Waals surface area contributed by atoms with E-state index in [9.17, 15) is 5.11 Å². The molecule has 37 heavy (non-hydrogen) atoms. The first-order valence-electron chi connectivity index (χ1n) is 13.7. The van der Waals surface area contributed by atoms with Gasteiger partial charge >= 0.3 is 0 Å². The Bertz CT molecular complexity index is 1220. The summed E-state index contributed by atoms with van der Waals surface area (Å²) in [6.07, 6.45) is 8.39. The van der Waals surface area contributed by atoms with E-state index in [1.807, 2.05) is 23.0 Å². The summed E-state index contributed by atoms with van der Waals surface area (Å²) in [5.41, 5.74) is 2.55. The van der Waals surface area contributed by atoms with Crippen molar-refractivity contribution in [2.45, 2.75) is 83.1 Å². The molecule has 0 bridgehead atoms. The zero-order chi connectivity index (χ0) is 26.0. The molecule has 1 saturated heterocycles. The molecule has 0 unspecified atom stereocenters. The van der Waals surface area contributed by atoms with Gasteiger partial charge in [-0.05, 0) is 49.6 Å². The van der Waals surface area contributed by atoms with Crippen LogP contribution in [0.4, 0.5) is 5.82 Å². The molecule has 1 aliphatic carbocycles. The molecule has 0 amide bonds. The van der Waals surface area contributed by atoms with Crippen LogP contribution in [-0.2, 0) is 21.8 Å². The minimum absolute atomic E-state index is 0.206. The average molecular weight is 524 g/mol. The summed E-state index contributed by atoms with van der Waals surface area (Å²) >= 11 is 0. The van der Waals surface area contributed by atoms with Crippen LogP contribution in [0, 0.1) is 0 Å². The maximum absolute atomic E-state index is 11.9. The fraction of sp³-hybridized carbons (Fsp3) is 0.607. The van der Waals surface area contributed by atoms with Gasteiger partial charge in [-0.25, -0.2) is 9.67 Å². The second kappa shape index (κ2) is 10.8. The second-order valence-corrected chi connectivity index (χ2v) is 17.5. The van der Waals surface area contributed by atoms with Gasteiger partial charge in [0.15, 0.2) is 0 Å². The van der Waals surface area contributed by atoms with Crippen molar-refractivity contribution >= 4 is 24.8 Å². The molecule has 5 rings (SSSR count). The first kappa shape index (κ1) is 26.3. The molecule has 3 aromatic rings. The number of hydrogen-bond donors (Lipinski definition) is 1. The molecule has 0 spiro atoms. The van der Waals surface area contributed by atoms with Crippen molar-refractivity contribution in [3.8, 4) is 11.4 Å². The van der Waals surface area contributed by atoms with Crippen LogP contribution >= 0.6 is 0 Å². The molecular formula is C28H41N5O3Si. The van der Waals surface area contributed by atoms with Gasteiger partial charge in [0.05, 0.1) is 30.6 Å². The van der Waals surface area contributed by atoms with Gasteiger partial charge in [-0.2, -0.15) is 5.10 Å². The number of morpholine rings is 1. The lowest BCUT2D eigenvalue weighted by Gasteiger charge is -2.37. The third-order valence-corrected chi connectivity index (χ3v) is 9.43. The number of aromatic nitrogens is 4. The number of nitrogens with zero attached hydrogens (tertiary/aromatic N) is 5. The maximum atomic E-state index is 11.9. The van der Waals surface area contributed by atoms with Crippen LogP contribution in [-0.4, -0.2) is 65.3 Å². The summed E-state index contributed by atoms with van der Waals surface area (Å²) in [6.45, 7) is 12.4. The molecule has 200 valence electrons. The van der Waals surface area contributed by atoms with Gasteiger partial charge in [0.1, 0.15) is 23.8 Å². The predicted molar refractivity (Wildman–Crippen MR) is 149 cm³/mol. The Morgan fingerprint density at radius 3 is 2.73 bits per heavy atom. The SMILES string of the molecule is C[C@@H]1COCCN1c1cc(C2(O)CCCCC2)c2ccnc(-c3ccnn3COCC[Si](C)(C)C)c2n1. The van der Waals surface area contributed by atoms with E-state index >= 15 is 0 Å². The zero-order valence-electron chi connectivity index (χ0n) is 22.7. The van der Waals surface area contributed by atoms with Gasteiger partial charge in [-0.1, -0.05) is 38.9 Å². The summed E-state index contributed by atoms with van der Waals surface area (Å²) in [7, 11) is -1.17. The number of aliphatic hydroxyl groups is 1. The molecule has 3 aromatic heterocycles. The van der Waals surface area contributed by atoms with Crippen molar-refractivity contribution in [3.63, 3.8) is 0 Å².